The number of carbonyl (C=O) groups is 1. The van der Waals surface area contributed by atoms with Crippen molar-refractivity contribution in [2.24, 2.45) is 0 Å². The molecule has 1 fully saturated rings. The van der Waals surface area contributed by atoms with E-state index in [2.05, 4.69) is 29.2 Å². The van der Waals surface area contributed by atoms with Gasteiger partial charge in [0.2, 0.25) is 0 Å². The molecule has 1 aromatic heterocycles. The van der Waals surface area contributed by atoms with Crippen molar-refractivity contribution in [3.05, 3.63) is 23.0 Å². The topological polar surface area (TPSA) is 71.2 Å². The molecule has 0 aromatic carbocycles. The summed E-state index contributed by atoms with van der Waals surface area (Å²) in [6, 6.07) is 2.46. The summed E-state index contributed by atoms with van der Waals surface area (Å²) in [6.45, 7) is 2.69. The lowest BCUT2D eigenvalue weighted by molar-refractivity contribution is 0.0940. The highest BCUT2D eigenvalue weighted by molar-refractivity contribution is 6.29. The van der Waals surface area contributed by atoms with Gasteiger partial charge < -0.3 is 11.1 Å². The zero-order valence-corrected chi connectivity index (χ0v) is 11.9. The van der Waals surface area contributed by atoms with Crippen LogP contribution in [0.4, 0.5) is 5.69 Å². The van der Waals surface area contributed by atoms with Crippen LogP contribution in [-0.2, 0) is 0 Å². The Morgan fingerprint density at radius 2 is 2.37 bits per heavy atom. The van der Waals surface area contributed by atoms with Crippen LogP contribution in [0.1, 0.15) is 30.1 Å². The lowest BCUT2D eigenvalue weighted by Crippen LogP contribution is -2.41. The maximum absolute atomic E-state index is 12.0. The van der Waals surface area contributed by atoms with E-state index >= 15 is 0 Å². The number of anilines is 1. The maximum atomic E-state index is 12.0. The molecule has 0 saturated heterocycles. The SMILES string of the molecule is CC(CNC(=O)c1cc(Cl)ncc1N)N(C)C1CC1. The van der Waals surface area contributed by atoms with Crippen LogP contribution in [0, 0.1) is 0 Å². The van der Waals surface area contributed by atoms with E-state index in [-0.39, 0.29) is 11.1 Å². The van der Waals surface area contributed by atoms with Gasteiger partial charge in [-0.15, -0.1) is 0 Å². The largest absolute Gasteiger partial charge is 0.397 e. The predicted molar refractivity (Wildman–Crippen MR) is 76.2 cm³/mol. The van der Waals surface area contributed by atoms with E-state index in [1.54, 1.807) is 0 Å². The average Bonchev–Trinajstić information content (AvgIpc) is 3.21. The molecule has 1 aromatic rings. The van der Waals surface area contributed by atoms with Gasteiger partial charge in [0.25, 0.3) is 5.91 Å². The fourth-order valence-electron chi connectivity index (χ4n) is 1.96. The molecule has 6 heteroatoms. The van der Waals surface area contributed by atoms with Crippen LogP contribution in [-0.4, -0.2) is 41.5 Å². The summed E-state index contributed by atoms with van der Waals surface area (Å²) in [5.74, 6) is -0.210. The third-order valence-corrected chi connectivity index (χ3v) is 3.73. The summed E-state index contributed by atoms with van der Waals surface area (Å²) >= 11 is 5.77. The first-order chi connectivity index (χ1) is 8.99. The van der Waals surface area contributed by atoms with E-state index in [0.717, 1.165) is 0 Å². The zero-order chi connectivity index (χ0) is 14.0. The minimum Gasteiger partial charge on any atom is -0.397 e. The van der Waals surface area contributed by atoms with Crippen molar-refractivity contribution in [1.29, 1.82) is 0 Å². The molecule has 0 aliphatic heterocycles. The normalized spacial score (nSPS) is 16.4. The molecule has 0 spiro atoms. The van der Waals surface area contributed by atoms with Crippen molar-refractivity contribution >= 4 is 23.2 Å². The number of pyridine rings is 1. The molecule has 3 N–H and O–H groups in total. The summed E-state index contributed by atoms with van der Waals surface area (Å²) in [4.78, 5) is 18.2. The monoisotopic (exact) mass is 282 g/mol. The van der Waals surface area contributed by atoms with Crippen molar-refractivity contribution in [1.82, 2.24) is 15.2 Å². The Labute approximate surface area is 118 Å². The number of halogens is 1. The van der Waals surface area contributed by atoms with E-state index in [1.807, 2.05) is 0 Å². The van der Waals surface area contributed by atoms with E-state index in [4.69, 9.17) is 17.3 Å². The molecular formula is C13H19ClN4O. The first-order valence-corrected chi connectivity index (χ1v) is 6.78. The van der Waals surface area contributed by atoms with E-state index < -0.39 is 0 Å². The molecule has 5 nitrogen and oxygen atoms in total. The zero-order valence-electron chi connectivity index (χ0n) is 11.2. The molecule has 2 rings (SSSR count). The number of hydrogen-bond acceptors (Lipinski definition) is 4. The molecule has 0 radical (unpaired) electrons. The van der Waals surface area contributed by atoms with Crippen molar-refractivity contribution in [2.75, 3.05) is 19.3 Å². The van der Waals surface area contributed by atoms with Gasteiger partial charge in [0.05, 0.1) is 17.4 Å². The fraction of sp³-hybridized carbons (Fsp3) is 0.538. The van der Waals surface area contributed by atoms with E-state index in [0.29, 0.717) is 29.9 Å². The number of rotatable bonds is 5. The second kappa shape index (κ2) is 5.75. The van der Waals surface area contributed by atoms with E-state index in [9.17, 15) is 4.79 Å². The predicted octanol–water partition coefficient (Wildman–Crippen LogP) is 1.53. The van der Waals surface area contributed by atoms with Crippen molar-refractivity contribution in [3.63, 3.8) is 0 Å². The van der Waals surface area contributed by atoms with Crippen LogP contribution in [0.5, 0.6) is 0 Å². The van der Waals surface area contributed by atoms with Gasteiger partial charge in [-0.25, -0.2) is 4.98 Å². The Balaban J connectivity index is 1.91. The highest BCUT2D eigenvalue weighted by Gasteiger charge is 2.29. The minimum absolute atomic E-state index is 0.210. The maximum Gasteiger partial charge on any atom is 0.253 e. The highest BCUT2D eigenvalue weighted by atomic mass is 35.5. The van der Waals surface area contributed by atoms with Gasteiger partial charge in [-0.05, 0) is 32.9 Å². The van der Waals surface area contributed by atoms with Gasteiger partial charge in [0.1, 0.15) is 5.15 Å². The molecule has 1 atom stereocenters. The number of amides is 1. The Morgan fingerprint density at radius 1 is 1.68 bits per heavy atom. The molecule has 1 amide bonds. The van der Waals surface area contributed by atoms with Gasteiger partial charge in [-0.3, -0.25) is 9.69 Å². The molecule has 104 valence electrons. The number of likely N-dealkylation sites (N-methyl/N-ethyl adjacent to an activating group) is 1. The van der Waals surface area contributed by atoms with Crippen LogP contribution >= 0.6 is 11.6 Å². The van der Waals surface area contributed by atoms with Crippen LogP contribution < -0.4 is 11.1 Å². The lowest BCUT2D eigenvalue weighted by Gasteiger charge is -2.24. The van der Waals surface area contributed by atoms with Gasteiger partial charge >= 0.3 is 0 Å². The average molecular weight is 283 g/mol. The number of aromatic nitrogens is 1. The first kappa shape index (κ1) is 14.1. The van der Waals surface area contributed by atoms with Crippen LogP contribution in [0.25, 0.3) is 0 Å². The number of hydrogen-bond donors (Lipinski definition) is 2. The minimum atomic E-state index is -0.210. The van der Waals surface area contributed by atoms with Crippen molar-refractivity contribution in [2.45, 2.75) is 31.8 Å². The summed E-state index contributed by atoms with van der Waals surface area (Å²) in [5, 5.41) is 3.15. The van der Waals surface area contributed by atoms with Crippen LogP contribution in [0.3, 0.4) is 0 Å². The van der Waals surface area contributed by atoms with Gasteiger partial charge in [-0.1, -0.05) is 11.6 Å². The molecule has 1 aliphatic rings. The Kier molecular flexibility index (Phi) is 4.27. The molecular weight excluding hydrogens is 264 g/mol. The van der Waals surface area contributed by atoms with E-state index in [1.165, 1.54) is 25.1 Å². The number of carbonyl (C=O) groups excluding carboxylic acids is 1. The quantitative estimate of drug-likeness (QED) is 0.804. The number of nitrogen functional groups attached to an aromatic ring is 1. The third-order valence-electron chi connectivity index (χ3n) is 3.52. The first-order valence-electron chi connectivity index (χ1n) is 6.40. The van der Waals surface area contributed by atoms with Gasteiger partial charge in [0.15, 0.2) is 0 Å². The molecule has 19 heavy (non-hydrogen) atoms. The van der Waals surface area contributed by atoms with Crippen molar-refractivity contribution < 1.29 is 4.79 Å². The molecule has 1 unspecified atom stereocenters. The molecule has 1 heterocycles. The summed E-state index contributed by atoms with van der Waals surface area (Å²) in [5.41, 5.74) is 6.44. The number of nitrogens with zero attached hydrogens (tertiary/aromatic N) is 2. The van der Waals surface area contributed by atoms with Gasteiger partial charge in [-0.2, -0.15) is 0 Å². The fourth-order valence-corrected chi connectivity index (χ4v) is 2.12. The molecule has 1 aliphatic carbocycles. The standard InChI is InChI=1S/C13H19ClN4O/c1-8(18(2)9-3-4-9)6-17-13(19)10-5-12(14)16-7-11(10)15/h5,7-9H,3-4,6,15H2,1-2H3,(H,17,19). The molecule has 1 saturated carbocycles. The summed E-state index contributed by atoms with van der Waals surface area (Å²) in [7, 11) is 2.09. The summed E-state index contributed by atoms with van der Waals surface area (Å²) in [6.07, 6.45) is 3.90. The van der Waals surface area contributed by atoms with Gasteiger partial charge in [0, 0.05) is 18.6 Å². The molecule has 0 bridgehead atoms. The Morgan fingerprint density at radius 3 is 3.00 bits per heavy atom. The lowest BCUT2D eigenvalue weighted by atomic mass is 10.2. The van der Waals surface area contributed by atoms with Crippen molar-refractivity contribution in [3.8, 4) is 0 Å². The van der Waals surface area contributed by atoms with Crippen LogP contribution in [0.15, 0.2) is 12.3 Å². The third kappa shape index (κ3) is 3.58. The number of nitrogens with one attached hydrogen (secondary N) is 1. The smallest absolute Gasteiger partial charge is 0.253 e. The summed E-state index contributed by atoms with van der Waals surface area (Å²) < 4.78 is 0. The second-order valence-electron chi connectivity index (χ2n) is 5.05. The second-order valence-corrected chi connectivity index (χ2v) is 5.44. The number of nitrogens with two attached hydrogens (primary N) is 1. The highest BCUT2D eigenvalue weighted by Crippen LogP contribution is 2.26. The van der Waals surface area contributed by atoms with Crippen LogP contribution in [0.2, 0.25) is 5.15 Å². The Bertz CT molecular complexity index is 476. The Hall–Kier alpha value is -1.33.